The van der Waals surface area contributed by atoms with Gasteiger partial charge in [-0.1, -0.05) is 38.0 Å². The van der Waals surface area contributed by atoms with Crippen molar-refractivity contribution in [1.29, 1.82) is 0 Å². The predicted molar refractivity (Wildman–Crippen MR) is 69.6 cm³/mol. The molecule has 1 aromatic rings. The normalized spacial score (nSPS) is 27.9. The molecule has 1 aliphatic rings. The number of para-hydroxylation sites is 1. The van der Waals surface area contributed by atoms with Gasteiger partial charge in [-0.05, 0) is 30.9 Å². The second-order valence-corrected chi connectivity index (χ2v) is 4.82. The van der Waals surface area contributed by atoms with Crippen molar-refractivity contribution in [2.45, 2.75) is 38.1 Å². The van der Waals surface area contributed by atoms with Crippen molar-refractivity contribution in [1.82, 2.24) is 0 Å². The Morgan fingerprint density at radius 1 is 1.47 bits per heavy atom. The smallest absolute Gasteiger partial charge is 0.243 e. The van der Waals surface area contributed by atoms with Crippen LogP contribution in [0.4, 0.5) is 5.69 Å². The molecule has 3 nitrogen and oxygen atoms in total. The van der Waals surface area contributed by atoms with Crippen LogP contribution in [0.15, 0.2) is 30.3 Å². The largest absolute Gasteiger partial charge is 0.371 e. The summed E-state index contributed by atoms with van der Waals surface area (Å²) in [5.74, 6) is 0.130. The van der Waals surface area contributed by atoms with E-state index in [0.717, 1.165) is 31.4 Å². The van der Waals surface area contributed by atoms with Crippen LogP contribution < -0.4 is 11.1 Å². The second-order valence-electron chi connectivity index (χ2n) is 4.82. The minimum atomic E-state index is -0.546. The van der Waals surface area contributed by atoms with Crippen LogP contribution in [0, 0.1) is 5.92 Å². The third kappa shape index (κ3) is 2.14. The van der Waals surface area contributed by atoms with E-state index in [2.05, 4.69) is 12.2 Å². The number of primary amides is 1. The number of hydrogen-bond donors (Lipinski definition) is 2. The van der Waals surface area contributed by atoms with E-state index < -0.39 is 5.54 Å². The third-order valence-corrected chi connectivity index (χ3v) is 3.89. The van der Waals surface area contributed by atoms with Crippen molar-refractivity contribution in [3.8, 4) is 0 Å². The van der Waals surface area contributed by atoms with Gasteiger partial charge in [0.15, 0.2) is 0 Å². The monoisotopic (exact) mass is 232 g/mol. The zero-order valence-electron chi connectivity index (χ0n) is 10.3. The molecule has 0 aliphatic heterocycles. The molecule has 1 aromatic carbocycles. The van der Waals surface area contributed by atoms with Crippen LogP contribution in [0.25, 0.3) is 0 Å². The van der Waals surface area contributed by atoms with Gasteiger partial charge in [-0.25, -0.2) is 0 Å². The number of nitrogens with one attached hydrogen (secondary N) is 1. The van der Waals surface area contributed by atoms with Gasteiger partial charge in [0.25, 0.3) is 0 Å². The van der Waals surface area contributed by atoms with Gasteiger partial charge in [0, 0.05) is 5.69 Å². The zero-order chi connectivity index (χ0) is 12.3. The fourth-order valence-electron chi connectivity index (χ4n) is 2.96. The molecule has 0 bridgehead atoms. The fourth-order valence-corrected chi connectivity index (χ4v) is 2.96. The Kier molecular flexibility index (Phi) is 3.36. The SMILES string of the molecule is CCC1CCCC1(Nc1ccccc1)C(N)=O. The van der Waals surface area contributed by atoms with E-state index >= 15 is 0 Å². The van der Waals surface area contributed by atoms with Crippen LogP contribution in [0.1, 0.15) is 32.6 Å². The van der Waals surface area contributed by atoms with Crippen molar-refractivity contribution >= 4 is 11.6 Å². The molecule has 0 radical (unpaired) electrons. The van der Waals surface area contributed by atoms with E-state index in [1.54, 1.807) is 0 Å². The average Bonchev–Trinajstić information content (AvgIpc) is 2.74. The van der Waals surface area contributed by atoms with Crippen molar-refractivity contribution < 1.29 is 4.79 Å². The molecule has 0 heterocycles. The summed E-state index contributed by atoms with van der Waals surface area (Å²) in [6, 6.07) is 9.86. The van der Waals surface area contributed by atoms with Crippen LogP contribution in [0.5, 0.6) is 0 Å². The molecule has 1 saturated carbocycles. The van der Waals surface area contributed by atoms with E-state index in [1.165, 1.54) is 0 Å². The summed E-state index contributed by atoms with van der Waals surface area (Å²) in [4.78, 5) is 11.9. The van der Waals surface area contributed by atoms with Gasteiger partial charge in [-0.2, -0.15) is 0 Å². The molecule has 0 aromatic heterocycles. The number of nitrogens with two attached hydrogens (primary N) is 1. The summed E-state index contributed by atoms with van der Waals surface area (Å²) in [6.07, 6.45) is 3.99. The van der Waals surface area contributed by atoms with E-state index in [0.29, 0.717) is 5.92 Å². The predicted octanol–water partition coefficient (Wildman–Crippen LogP) is 2.53. The van der Waals surface area contributed by atoms with E-state index in [1.807, 2.05) is 30.3 Å². The van der Waals surface area contributed by atoms with Crippen molar-refractivity contribution in [2.24, 2.45) is 11.7 Å². The first-order valence-electron chi connectivity index (χ1n) is 6.32. The fraction of sp³-hybridized carbons (Fsp3) is 0.500. The summed E-state index contributed by atoms with van der Waals surface area (Å²) in [6.45, 7) is 2.13. The summed E-state index contributed by atoms with van der Waals surface area (Å²) in [5, 5.41) is 3.38. The Hall–Kier alpha value is -1.51. The van der Waals surface area contributed by atoms with Crippen LogP contribution in [-0.2, 0) is 4.79 Å². The molecule has 3 N–H and O–H groups in total. The number of amides is 1. The molecule has 0 spiro atoms. The summed E-state index contributed by atoms with van der Waals surface area (Å²) in [5.41, 5.74) is 6.08. The molecule has 2 rings (SSSR count). The van der Waals surface area contributed by atoms with Gasteiger partial charge in [-0.3, -0.25) is 4.79 Å². The highest BCUT2D eigenvalue weighted by Crippen LogP contribution is 2.40. The lowest BCUT2D eigenvalue weighted by atomic mass is 9.84. The molecular weight excluding hydrogens is 212 g/mol. The first-order valence-corrected chi connectivity index (χ1v) is 6.32. The molecule has 1 amide bonds. The number of benzene rings is 1. The van der Waals surface area contributed by atoms with Crippen molar-refractivity contribution in [3.05, 3.63) is 30.3 Å². The highest BCUT2D eigenvalue weighted by atomic mass is 16.1. The molecule has 2 unspecified atom stereocenters. The lowest BCUT2D eigenvalue weighted by Crippen LogP contribution is -2.53. The van der Waals surface area contributed by atoms with Gasteiger partial charge < -0.3 is 11.1 Å². The number of carbonyl (C=O) groups excluding carboxylic acids is 1. The molecule has 1 aliphatic carbocycles. The van der Waals surface area contributed by atoms with E-state index in [4.69, 9.17) is 5.73 Å². The Morgan fingerprint density at radius 2 is 2.18 bits per heavy atom. The highest BCUT2D eigenvalue weighted by molar-refractivity contribution is 5.88. The minimum absolute atomic E-state index is 0.217. The Bertz CT molecular complexity index is 390. The van der Waals surface area contributed by atoms with Crippen LogP contribution in [-0.4, -0.2) is 11.4 Å². The summed E-state index contributed by atoms with van der Waals surface area (Å²) < 4.78 is 0. The summed E-state index contributed by atoms with van der Waals surface area (Å²) >= 11 is 0. The maximum atomic E-state index is 11.9. The molecule has 1 fully saturated rings. The minimum Gasteiger partial charge on any atom is -0.371 e. The van der Waals surface area contributed by atoms with Gasteiger partial charge in [-0.15, -0.1) is 0 Å². The maximum absolute atomic E-state index is 11.9. The Balaban J connectivity index is 2.26. The van der Waals surface area contributed by atoms with Gasteiger partial charge >= 0.3 is 0 Å². The molecule has 3 heteroatoms. The average molecular weight is 232 g/mol. The first-order chi connectivity index (χ1) is 8.19. The Labute approximate surface area is 102 Å². The highest BCUT2D eigenvalue weighted by Gasteiger charge is 2.46. The number of carbonyl (C=O) groups is 1. The standard InChI is InChI=1S/C14H20N2O/c1-2-11-7-6-10-14(11,13(15)17)16-12-8-4-3-5-9-12/h3-5,8-9,11,16H,2,6-7,10H2,1H3,(H2,15,17). The molecule has 0 saturated heterocycles. The van der Waals surface area contributed by atoms with E-state index in [9.17, 15) is 4.79 Å². The maximum Gasteiger partial charge on any atom is 0.243 e. The lowest BCUT2D eigenvalue weighted by Gasteiger charge is -2.34. The van der Waals surface area contributed by atoms with Crippen LogP contribution in [0.3, 0.4) is 0 Å². The topological polar surface area (TPSA) is 55.1 Å². The molecular formula is C14H20N2O. The van der Waals surface area contributed by atoms with Crippen LogP contribution in [0.2, 0.25) is 0 Å². The Morgan fingerprint density at radius 3 is 2.76 bits per heavy atom. The quantitative estimate of drug-likeness (QED) is 0.838. The number of rotatable bonds is 4. The lowest BCUT2D eigenvalue weighted by molar-refractivity contribution is -0.123. The van der Waals surface area contributed by atoms with Crippen LogP contribution >= 0.6 is 0 Å². The molecule has 92 valence electrons. The number of anilines is 1. The second kappa shape index (κ2) is 4.78. The third-order valence-electron chi connectivity index (χ3n) is 3.89. The molecule has 17 heavy (non-hydrogen) atoms. The van der Waals surface area contributed by atoms with Gasteiger partial charge in [0.1, 0.15) is 5.54 Å². The van der Waals surface area contributed by atoms with Crippen molar-refractivity contribution in [2.75, 3.05) is 5.32 Å². The van der Waals surface area contributed by atoms with Crippen molar-refractivity contribution in [3.63, 3.8) is 0 Å². The van der Waals surface area contributed by atoms with Gasteiger partial charge in [0.2, 0.25) is 5.91 Å². The summed E-state index contributed by atoms with van der Waals surface area (Å²) in [7, 11) is 0. The molecule has 2 atom stereocenters. The first kappa shape index (κ1) is 12.0. The van der Waals surface area contributed by atoms with Gasteiger partial charge in [0.05, 0.1) is 0 Å². The van der Waals surface area contributed by atoms with E-state index in [-0.39, 0.29) is 5.91 Å². The number of hydrogen-bond acceptors (Lipinski definition) is 2. The zero-order valence-corrected chi connectivity index (χ0v) is 10.3.